The molecule has 2 aliphatic rings. The highest BCUT2D eigenvalue weighted by atomic mass is 16.5. The second kappa shape index (κ2) is 7.05. The van der Waals surface area contributed by atoms with Gasteiger partial charge in [-0.25, -0.2) is 0 Å². The van der Waals surface area contributed by atoms with Crippen LogP contribution >= 0.6 is 0 Å². The van der Waals surface area contributed by atoms with Gasteiger partial charge in [0.2, 0.25) is 0 Å². The van der Waals surface area contributed by atoms with E-state index in [2.05, 4.69) is 15.2 Å². The zero-order valence-electron chi connectivity index (χ0n) is 13.9. The summed E-state index contributed by atoms with van der Waals surface area (Å²) >= 11 is 0. The van der Waals surface area contributed by atoms with E-state index in [-0.39, 0.29) is 0 Å². The fourth-order valence-electron chi connectivity index (χ4n) is 4.09. The van der Waals surface area contributed by atoms with Crippen molar-refractivity contribution in [1.29, 1.82) is 0 Å². The number of hydrogen-bond acceptors (Lipinski definition) is 5. The Bertz CT molecular complexity index is 682. The quantitative estimate of drug-likeness (QED) is 0.846. The number of hydrogen-bond donors (Lipinski definition) is 2. The molecule has 2 fully saturated rings. The first kappa shape index (κ1) is 15.8. The van der Waals surface area contributed by atoms with Gasteiger partial charge >= 0.3 is 0 Å². The van der Waals surface area contributed by atoms with Crippen LogP contribution in [0.25, 0.3) is 10.8 Å². The van der Waals surface area contributed by atoms with E-state index in [9.17, 15) is 5.11 Å². The van der Waals surface area contributed by atoms with E-state index in [0.717, 1.165) is 48.7 Å². The van der Waals surface area contributed by atoms with Crippen LogP contribution in [0.1, 0.15) is 19.3 Å². The summed E-state index contributed by atoms with van der Waals surface area (Å²) < 4.78 is 5.47. The Morgan fingerprint density at radius 3 is 2.92 bits per heavy atom. The molecule has 0 bridgehead atoms. The molecular formula is C19H25N3O2. The summed E-state index contributed by atoms with van der Waals surface area (Å²) in [6.45, 7) is 3.70. The minimum atomic E-state index is -0.645. The first-order valence-corrected chi connectivity index (χ1v) is 8.90. The fraction of sp³-hybridized carbons (Fsp3) is 0.526. The van der Waals surface area contributed by atoms with Crippen LogP contribution in [0.15, 0.2) is 36.7 Å². The highest BCUT2D eigenvalue weighted by Crippen LogP contribution is 2.32. The summed E-state index contributed by atoms with van der Waals surface area (Å²) in [6, 6.07) is 8.03. The molecule has 0 spiro atoms. The number of aliphatic hydroxyl groups excluding tert-OH is 1. The van der Waals surface area contributed by atoms with Crippen LogP contribution in [0.2, 0.25) is 0 Å². The number of ether oxygens (including phenoxy) is 1. The van der Waals surface area contributed by atoms with Crippen molar-refractivity contribution in [2.24, 2.45) is 11.8 Å². The summed E-state index contributed by atoms with van der Waals surface area (Å²) in [7, 11) is 0. The number of nitrogens with zero attached hydrogens (tertiary/aromatic N) is 2. The summed E-state index contributed by atoms with van der Waals surface area (Å²) in [5.74, 6) is 1.43. The topological polar surface area (TPSA) is 57.6 Å². The molecular weight excluding hydrogens is 302 g/mol. The van der Waals surface area contributed by atoms with Crippen molar-refractivity contribution >= 4 is 16.5 Å². The smallest absolute Gasteiger partial charge is 0.184 e. The molecule has 0 aliphatic carbocycles. The molecule has 0 saturated carbocycles. The molecule has 24 heavy (non-hydrogen) atoms. The molecule has 0 amide bonds. The number of anilines is 1. The van der Waals surface area contributed by atoms with E-state index >= 15 is 0 Å². The number of benzene rings is 1. The molecule has 5 heteroatoms. The fourth-order valence-corrected chi connectivity index (χ4v) is 4.09. The maximum atomic E-state index is 10.7. The summed E-state index contributed by atoms with van der Waals surface area (Å²) in [5.41, 5.74) is 0.955. The monoisotopic (exact) mass is 327 g/mol. The average Bonchev–Trinajstić information content (AvgIpc) is 3.13. The van der Waals surface area contributed by atoms with Gasteiger partial charge in [-0.05, 0) is 43.2 Å². The third-order valence-electron chi connectivity index (χ3n) is 5.50. The number of likely N-dealkylation sites (tertiary alicyclic amines) is 1. The molecule has 2 atom stereocenters. The number of nitrogens with one attached hydrogen (secondary N) is 1. The van der Waals surface area contributed by atoms with Gasteiger partial charge in [0.1, 0.15) is 0 Å². The van der Waals surface area contributed by atoms with Crippen molar-refractivity contribution in [3.8, 4) is 0 Å². The number of rotatable bonds is 4. The van der Waals surface area contributed by atoms with E-state index in [1.54, 1.807) is 6.20 Å². The lowest BCUT2D eigenvalue weighted by Gasteiger charge is -2.29. The highest BCUT2D eigenvalue weighted by Gasteiger charge is 2.33. The molecule has 4 rings (SSSR count). The van der Waals surface area contributed by atoms with Gasteiger partial charge in [-0.1, -0.05) is 12.1 Å². The van der Waals surface area contributed by atoms with Gasteiger partial charge in [0.15, 0.2) is 6.35 Å². The lowest BCUT2D eigenvalue weighted by atomic mass is 9.85. The van der Waals surface area contributed by atoms with E-state index in [1.807, 2.05) is 30.5 Å². The maximum absolute atomic E-state index is 10.7. The first-order chi connectivity index (χ1) is 11.8. The van der Waals surface area contributed by atoms with Gasteiger partial charge in [0.25, 0.3) is 0 Å². The Kier molecular flexibility index (Phi) is 4.65. The Labute approximate surface area is 142 Å². The second-order valence-electron chi connectivity index (χ2n) is 6.91. The number of pyridine rings is 1. The SMILES string of the molecule is OC(Nc1cccc2cnccc12)N1CCC(C2CCOCC2)C1. The zero-order chi connectivity index (χ0) is 16.4. The molecule has 5 nitrogen and oxygen atoms in total. The predicted molar refractivity (Wildman–Crippen MR) is 94.6 cm³/mol. The number of aromatic nitrogens is 1. The first-order valence-electron chi connectivity index (χ1n) is 8.90. The predicted octanol–water partition coefficient (Wildman–Crippen LogP) is 2.67. The Morgan fingerprint density at radius 1 is 1.17 bits per heavy atom. The lowest BCUT2D eigenvalue weighted by molar-refractivity contribution is 0.0264. The van der Waals surface area contributed by atoms with Crippen molar-refractivity contribution in [1.82, 2.24) is 9.88 Å². The molecule has 1 aromatic carbocycles. The Hall–Kier alpha value is -1.69. The summed E-state index contributed by atoms with van der Waals surface area (Å²) in [4.78, 5) is 6.31. The molecule has 2 unspecified atom stereocenters. The van der Waals surface area contributed by atoms with E-state index in [4.69, 9.17) is 4.74 Å². The van der Waals surface area contributed by atoms with Crippen LogP contribution in [0.4, 0.5) is 5.69 Å². The van der Waals surface area contributed by atoms with Crippen LogP contribution in [0, 0.1) is 11.8 Å². The number of fused-ring (bicyclic) bond motifs is 1. The van der Waals surface area contributed by atoms with Gasteiger partial charge < -0.3 is 15.2 Å². The van der Waals surface area contributed by atoms with Crippen LogP contribution in [0.5, 0.6) is 0 Å². The van der Waals surface area contributed by atoms with E-state index < -0.39 is 6.35 Å². The second-order valence-corrected chi connectivity index (χ2v) is 6.91. The molecule has 0 radical (unpaired) electrons. The molecule has 2 aromatic rings. The van der Waals surface area contributed by atoms with Crippen molar-refractivity contribution in [3.05, 3.63) is 36.7 Å². The minimum absolute atomic E-state index is 0.645. The van der Waals surface area contributed by atoms with Gasteiger partial charge in [-0.3, -0.25) is 9.88 Å². The molecule has 2 N–H and O–H groups in total. The van der Waals surface area contributed by atoms with Crippen molar-refractivity contribution in [2.45, 2.75) is 25.6 Å². The van der Waals surface area contributed by atoms with Crippen molar-refractivity contribution in [3.63, 3.8) is 0 Å². The van der Waals surface area contributed by atoms with Gasteiger partial charge in [-0.2, -0.15) is 0 Å². The van der Waals surface area contributed by atoms with Crippen LogP contribution in [-0.4, -0.2) is 47.6 Å². The summed E-state index contributed by atoms with van der Waals surface area (Å²) in [6.07, 6.45) is 6.49. The number of aliphatic hydroxyl groups is 1. The standard InChI is InChI=1S/C19H25N3O2/c23-19(21-18-3-1-2-15-12-20-8-4-17(15)18)22-9-5-16(13-22)14-6-10-24-11-7-14/h1-4,8,12,14,16,19,21,23H,5-7,9-11,13H2. The van der Waals surface area contributed by atoms with Crippen molar-refractivity contribution < 1.29 is 9.84 Å². The van der Waals surface area contributed by atoms with Gasteiger partial charge in [0, 0.05) is 55.2 Å². The van der Waals surface area contributed by atoms with Crippen molar-refractivity contribution in [2.75, 3.05) is 31.6 Å². The van der Waals surface area contributed by atoms with Crippen LogP contribution < -0.4 is 5.32 Å². The maximum Gasteiger partial charge on any atom is 0.184 e. The molecule has 2 aliphatic heterocycles. The molecule has 2 saturated heterocycles. The third kappa shape index (κ3) is 3.24. The Morgan fingerprint density at radius 2 is 2.04 bits per heavy atom. The minimum Gasteiger partial charge on any atom is -0.381 e. The highest BCUT2D eigenvalue weighted by molar-refractivity contribution is 5.93. The van der Waals surface area contributed by atoms with Gasteiger partial charge in [-0.15, -0.1) is 0 Å². The Balaban J connectivity index is 1.42. The molecule has 1 aromatic heterocycles. The normalized spacial score (nSPS) is 24.3. The lowest BCUT2D eigenvalue weighted by Crippen LogP contribution is -2.40. The average molecular weight is 327 g/mol. The molecule has 128 valence electrons. The largest absolute Gasteiger partial charge is 0.381 e. The zero-order valence-corrected chi connectivity index (χ0v) is 13.9. The van der Waals surface area contributed by atoms with Gasteiger partial charge in [0.05, 0.1) is 0 Å². The molecule has 3 heterocycles. The van der Waals surface area contributed by atoms with Crippen LogP contribution in [0.3, 0.4) is 0 Å². The van der Waals surface area contributed by atoms with E-state index in [0.29, 0.717) is 5.92 Å². The van der Waals surface area contributed by atoms with Crippen LogP contribution in [-0.2, 0) is 4.74 Å². The third-order valence-corrected chi connectivity index (χ3v) is 5.50. The van der Waals surface area contributed by atoms with E-state index in [1.165, 1.54) is 19.3 Å². The summed E-state index contributed by atoms with van der Waals surface area (Å²) in [5, 5.41) is 16.1.